The molecule has 2 aromatic heterocycles. The summed E-state index contributed by atoms with van der Waals surface area (Å²) in [4.78, 5) is 11.6. The second kappa shape index (κ2) is 3.61. The molecule has 0 saturated heterocycles. The summed E-state index contributed by atoms with van der Waals surface area (Å²) >= 11 is 0. The first-order valence-corrected chi connectivity index (χ1v) is 4.55. The first kappa shape index (κ1) is 9.51. The van der Waals surface area contributed by atoms with Gasteiger partial charge in [-0.1, -0.05) is 0 Å². The number of rotatable bonds is 2. The van der Waals surface area contributed by atoms with Gasteiger partial charge in [0.1, 0.15) is 0 Å². The number of nitrogens with one attached hydrogen (secondary N) is 2. The minimum atomic E-state index is -0.297. The van der Waals surface area contributed by atoms with E-state index in [0.717, 1.165) is 11.3 Å². The number of aromatic nitrogens is 2. The molecule has 0 unspecified atom stereocenters. The van der Waals surface area contributed by atoms with Gasteiger partial charge in [-0.15, -0.1) is 0 Å². The van der Waals surface area contributed by atoms with Crippen LogP contribution in [0, 0.1) is 13.8 Å². The van der Waals surface area contributed by atoms with Crippen LogP contribution in [0.5, 0.6) is 0 Å². The van der Waals surface area contributed by atoms with Crippen molar-refractivity contribution in [1.82, 2.24) is 10.2 Å². The molecular formula is C10H11N3O2. The Morgan fingerprint density at radius 3 is 2.87 bits per heavy atom. The standard InChI is InChI=1S/C10H11N3O2/c1-6-7(2)12-13-9(6)11-10(14)8-4-3-5-15-8/h3-5H,1-2H3,(H2,11,12,13,14). The van der Waals surface area contributed by atoms with Crippen molar-refractivity contribution < 1.29 is 9.21 Å². The molecule has 0 aliphatic rings. The van der Waals surface area contributed by atoms with E-state index in [0.29, 0.717) is 5.82 Å². The molecule has 15 heavy (non-hydrogen) atoms. The van der Waals surface area contributed by atoms with E-state index < -0.39 is 0 Å². The number of hydrogen-bond acceptors (Lipinski definition) is 3. The summed E-state index contributed by atoms with van der Waals surface area (Å²) < 4.78 is 4.96. The van der Waals surface area contributed by atoms with E-state index in [2.05, 4.69) is 15.5 Å². The van der Waals surface area contributed by atoms with Crippen LogP contribution in [0.1, 0.15) is 21.8 Å². The number of carbonyl (C=O) groups excluding carboxylic acids is 1. The molecule has 0 radical (unpaired) electrons. The Balaban J connectivity index is 2.16. The number of aryl methyl sites for hydroxylation is 1. The van der Waals surface area contributed by atoms with E-state index in [1.807, 2.05) is 13.8 Å². The zero-order chi connectivity index (χ0) is 10.8. The highest BCUT2D eigenvalue weighted by Crippen LogP contribution is 2.14. The normalized spacial score (nSPS) is 10.3. The van der Waals surface area contributed by atoms with Crippen LogP contribution in [-0.4, -0.2) is 16.1 Å². The van der Waals surface area contributed by atoms with Gasteiger partial charge in [0.25, 0.3) is 5.91 Å². The largest absolute Gasteiger partial charge is 0.459 e. The van der Waals surface area contributed by atoms with E-state index in [-0.39, 0.29) is 11.7 Å². The lowest BCUT2D eigenvalue weighted by molar-refractivity contribution is 0.0996. The molecule has 0 spiro atoms. The van der Waals surface area contributed by atoms with Gasteiger partial charge in [0.05, 0.1) is 6.26 Å². The fraction of sp³-hybridized carbons (Fsp3) is 0.200. The van der Waals surface area contributed by atoms with Gasteiger partial charge in [0.15, 0.2) is 11.6 Å². The second-order valence-corrected chi connectivity index (χ2v) is 3.25. The Labute approximate surface area is 86.5 Å². The molecule has 0 atom stereocenters. The van der Waals surface area contributed by atoms with Crippen molar-refractivity contribution in [3.05, 3.63) is 35.4 Å². The summed E-state index contributed by atoms with van der Waals surface area (Å²) in [5, 5.41) is 9.42. The average Bonchev–Trinajstić information content (AvgIpc) is 2.83. The van der Waals surface area contributed by atoms with Crippen LogP contribution in [0.25, 0.3) is 0 Å². The highest BCUT2D eigenvalue weighted by Gasteiger charge is 2.12. The Morgan fingerprint density at radius 1 is 1.53 bits per heavy atom. The highest BCUT2D eigenvalue weighted by molar-refractivity contribution is 6.02. The maximum absolute atomic E-state index is 11.6. The molecular weight excluding hydrogens is 194 g/mol. The fourth-order valence-electron chi connectivity index (χ4n) is 1.18. The molecule has 5 heteroatoms. The molecule has 2 heterocycles. The Kier molecular flexibility index (Phi) is 2.29. The van der Waals surface area contributed by atoms with Crippen LogP contribution in [0.4, 0.5) is 5.82 Å². The van der Waals surface area contributed by atoms with Crippen molar-refractivity contribution in [1.29, 1.82) is 0 Å². The number of carbonyl (C=O) groups is 1. The van der Waals surface area contributed by atoms with Crippen LogP contribution in [0.3, 0.4) is 0 Å². The third kappa shape index (κ3) is 1.76. The number of furan rings is 1. The smallest absolute Gasteiger partial charge is 0.292 e. The molecule has 1 amide bonds. The quantitative estimate of drug-likeness (QED) is 0.786. The van der Waals surface area contributed by atoms with Crippen molar-refractivity contribution in [2.75, 3.05) is 5.32 Å². The van der Waals surface area contributed by atoms with Crippen molar-refractivity contribution in [2.24, 2.45) is 0 Å². The Bertz CT molecular complexity index is 471. The number of anilines is 1. The van der Waals surface area contributed by atoms with Crippen molar-refractivity contribution in [2.45, 2.75) is 13.8 Å². The predicted molar refractivity (Wildman–Crippen MR) is 54.7 cm³/mol. The minimum Gasteiger partial charge on any atom is -0.459 e. The molecule has 0 aromatic carbocycles. The zero-order valence-electron chi connectivity index (χ0n) is 8.50. The summed E-state index contributed by atoms with van der Waals surface area (Å²) in [5.74, 6) is 0.513. The average molecular weight is 205 g/mol. The molecule has 2 rings (SSSR count). The van der Waals surface area contributed by atoms with Crippen LogP contribution in [0.2, 0.25) is 0 Å². The van der Waals surface area contributed by atoms with E-state index >= 15 is 0 Å². The lowest BCUT2D eigenvalue weighted by Gasteiger charge is -1.99. The molecule has 0 fully saturated rings. The minimum absolute atomic E-state index is 0.273. The van der Waals surface area contributed by atoms with Crippen molar-refractivity contribution >= 4 is 11.7 Å². The van der Waals surface area contributed by atoms with Crippen molar-refractivity contribution in [3.8, 4) is 0 Å². The van der Waals surface area contributed by atoms with Crippen LogP contribution in [-0.2, 0) is 0 Å². The highest BCUT2D eigenvalue weighted by atomic mass is 16.3. The van der Waals surface area contributed by atoms with Gasteiger partial charge in [-0.3, -0.25) is 9.89 Å². The van der Waals surface area contributed by atoms with Gasteiger partial charge in [0, 0.05) is 11.3 Å². The lowest BCUT2D eigenvalue weighted by atomic mass is 10.3. The number of nitrogens with zero attached hydrogens (tertiary/aromatic N) is 1. The van der Waals surface area contributed by atoms with Crippen LogP contribution < -0.4 is 5.32 Å². The van der Waals surface area contributed by atoms with Gasteiger partial charge in [-0.25, -0.2) is 0 Å². The molecule has 2 N–H and O–H groups in total. The Hall–Kier alpha value is -2.04. The summed E-state index contributed by atoms with van der Waals surface area (Å²) in [6.45, 7) is 3.78. The maximum Gasteiger partial charge on any atom is 0.292 e. The summed E-state index contributed by atoms with van der Waals surface area (Å²) in [6, 6.07) is 3.27. The number of amides is 1. The van der Waals surface area contributed by atoms with E-state index in [1.165, 1.54) is 6.26 Å². The first-order valence-electron chi connectivity index (χ1n) is 4.55. The third-order valence-corrected chi connectivity index (χ3v) is 2.23. The van der Waals surface area contributed by atoms with E-state index in [1.54, 1.807) is 12.1 Å². The lowest BCUT2D eigenvalue weighted by Crippen LogP contribution is -2.11. The molecule has 0 aliphatic carbocycles. The molecule has 0 aliphatic heterocycles. The van der Waals surface area contributed by atoms with Crippen molar-refractivity contribution in [3.63, 3.8) is 0 Å². The number of H-pyrrole nitrogens is 1. The molecule has 78 valence electrons. The molecule has 0 saturated carbocycles. The van der Waals surface area contributed by atoms with Gasteiger partial charge in [-0.05, 0) is 26.0 Å². The zero-order valence-corrected chi connectivity index (χ0v) is 8.50. The van der Waals surface area contributed by atoms with Gasteiger partial charge >= 0.3 is 0 Å². The fourth-order valence-corrected chi connectivity index (χ4v) is 1.18. The van der Waals surface area contributed by atoms with Gasteiger partial charge in [-0.2, -0.15) is 5.10 Å². The van der Waals surface area contributed by atoms with Gasteiger partial charge in [0.2, 0.25) is 0 Å². The van der Waals surface area contributed by atoms with Gasteiger partial charge < -0.3 is 9.73 Å². The summed E-state index contributed by atoms with van der Waals surface area (Å²) in [7, 11) is 0. The third-order valence-electron chi connectivity index (χ3n) is 2.23. The maximum atomic E-state index is 11.6. The topological polar surface area (TPSA) is 70.9 Å². The van der Waals surface area contributed by atoms with Crippen LogP contribution >= 0.6 is 0 Å². The molecule has 5 nitrogen and oxygen atoms in total. The summed E-state index contributed by atoms with van der Waals surface area (Å²) in [6.07, 6.45) is 1.46. The molecule has 0 bridgehead atoms. The van der Waals surface area contributed by atoms with Crippen LogP contribution in [0.15, 0.2) is 22.8 Å². The number of hydrogen-bond donors (Lipinski definition) is 2. The first-order chi connectivity index (χ1) is 7.18. The monoisotopic (exact) mass is 205 g/mol. The SMILES string of the molecule is Cc1[nH]nc(NC(=O)c2ccco2)c1C. The predicted octanol–water partition coefficient (Wildman–Crippen LogP) is 1.87. The second-order valence-electron chi connectivity index (χ2n) is 3.25. The van der Waals surface area contributed by atoms with E-state index in [9.17, 15) is 4.79 Å². The Morgan fingerprint density at radius 2 is 2.33 bits per heavy atom. The van der Waals surface area contributed by atoms with E-state index in [4.69, 9.17) is 4.42 Å². The number of aromatic amines is 1. The summed E-state index contributed by atoms with van der Waals surface area (Å²) in [5.41, 5.74) is 1.86. The molecule has 2 aromatic rings.